The maximum atomic E-state index is 11.1. The highest BCUT2D eigenvalue weighted by molar-refractivity contribution is 5.08. The first-order chi connectivity index (χ1) is 9.95. The molecule has 2 saturated carbocycles. The Morgan fingerprint density at radius 2 is 1.82 bits per heavy atom. The molecule has 0 bridgehead atoms. The smallest absolute Gasteiger partial charge is 0.0797 e. The van der Waals surface area contributed by atoms with Crippen LogP contribution in [0, 0.1) is 22.7 Å². The van der Waals surface area contributed by atoms with Crippen LogP contribution in [0.3, 0.4) is 0 Å². The lowest BCUT2D eigenvalue weighted by atomic mass is 9.45. The summed E-state index contributed by atoms with van der Waals surface area (Å²) in [4.78, 5) is 0. The van der Waals surface area contributed by atoms with E-state index in [1.165, 1.54) is 19.3 Å². The van der Waals surface area contributed by atoms with E-state index in [1.807, 2.05) is 13.8 Å². The van der Waals surface area contributed by atoms with Crippen LogP contribution in [0.25, 0.3) is 0 Å². The van der Waals surface area contributed by atoms with Gasteiger partial charge in [0.2, 0.25) is 0 Å². The topological polar surface area (TPSA) is 40.5 Å². The first kappa shape index (κ1) is 18.0. The standard InChI is InChI=1S/C20H36O2/c1-7-18(4,21)13-9-16-19(5)12-8-11-17(2,3)15(19)10-14-20(16,6)22/h7,15-16,21-22H,1,8-14H2,2-6H3/t15-,16?,18-,19-,20+/m0/s1. The maximum absolute atomic E-state index is 11.1. The molecule has 128 valence electrons. The van der Waals surface area contributed by atoms with E-state index in [2.05, 4.69) is 27.4 Å². The van der Waals surface area contributed by atoms with Crippen molar-refractivity contribution in [1.82, 2.24) is 0 Å². The first-order valence-corrected chi connectivity index (χ1v) is 9.03. The van der Waals surface area contributed by atoms with Crippen molar-refractivity contribution in [3.05, 3.63) is 12.7 Å². The Morgan fingerprint density at radius 3 is 2.41 bits per heavy atom. The zero-order chi connectivity index (χ0) is 16.8. The molecule has 0 saturated heterocycles. The molecule has 2 N–H and O–H groups in total. The molecule has 0 aromatic carbocycles. The minimum absolute atomic E-state index is 0.181. The fourth-order valence-electron chi connectivity index (χ4n) is 5.80. The second-order valence-corrected chi connectivity index (χ2v) is 9.45. The Hall–Kier alpha value is -0.340. The molecule has 0 radical (unpaired) electrons. The Labute approximate surface area is 137 Å². The summed E-state index contributed by atoms with van der Waals surface area (Å²) >= 11 is 0. The molecule has 0 aliphatic heterocycles. The van der Waals surface area contributed by atoms with Gasteiger partial charge in [0.25, 0.3) is 0 Å². The zero-order valence-corrected chi connectivity index (χ0v) is 15.3. The molecule has 2 rings (SSSR count). The SMILES string of the molecule is C=C[C@](C)(O)CCC1[C@](C)(O)CC[C@H]2C(C)(C)CCC[C@]12C. The summed E-state index contributed by atoms with van der Waals surface area (Å²) in [5.41, 5.74) is -0.900. The van der Waals surface area contributed by atoms with E-state index in [1.54, 1.807) is 6.08 Å². The maximum Gasteiger partial charge on any atom is 0.0797 e. The number of aliphatic hydroxyl groups is 2. The predicted octanol–water partition coefficient (Wildman–Crippen LogP) is 4.70. The number of fused-ring (bicyclic) bond motifs is 1. The lowest BCUT2D eigenvalue weighted by Crippen LogP contribution is -2.57. The molecule has 0 spiro atoms. The van der Waals surface area contributed by atoms with E-state index < -0.39 is 11.2 Å². The van der Waals surface area contributed by atoms with E-state index >= 15 is 0 Å². The van der Waals surface area contributed by atoms with Crippen LogP contribution in [-0.4, -0.2) is 21.4 Å². The van der Waals surface area contributed by atoms with Gasteiger partial charge in [-0.15, -0.1) is 6.58 Å². The third kappa shape index (κ3) is 3.14. The van der Waals surface area contributed by atoms with E-state index in [9.17, 15) is 10.2 Å². The van der Waals surface area contributed by atoms with Gasteiger partial charge in [-0.25, -0.2) is 0 Å². The van der Waals surface area contributed by atoms with E-state index in [-0.39, 0.29) is 11.3 Å². The molecule has 0 aromatic rings. The monoisotopic (exact) mass is 308 g/mol. The molecule has 5 atom stereocenters. The summed E-state index contributed by atoms with van der Waals surface area (Å²) in [7, 11) is 0. The number of hydrogen-bond acceptors (Lipinski definition) is 2. The van der Waals surface area contributed by atoms with Gasteiger partial charge < -0.3 is 10.2 Å². The molecule has 2 heteroatoms. The van der Waals surface area contributed by atoms with Crippen LogP contribution in [0.5, 0.6) is 0 Å². The summed E-state index contributed by atoms with van der Waals surface area (Å²) in [6.07, 6.45) is 8.96. The normalized spacial score (nSPS) is 44.0. The molecule has 2 nitrogen and oxygen atoms in total. The lowest BCUT2D eigenvalue weighted by molar-refractivity contribution is -0.171. The fourth-order valence-corrected chi connectivity index (χ4v) is 5.80. The fraction of sp³-hybridized carbons (Fsp3) is 0.900. The first-order valence-electron chi connectivity index (χ1n) is 9.03. The third-order valence-electron chi connectivity index (χ3n) is 7.14. The molecule has 1 unspecified atom stereocenters. The minimum Gasteiger partial charge on any atom is -0.390 e. The van der Waals surface area contributed by atoms with Crippen molar-refractivity contribution in [2.75, 3.05) is 0 Å². The molecular weight excluding hydrogens is 272 g/mol. The second-order valence-electron chi connectivity index (χ2n) is 9.45. The van der Waals surface area contributed by atoms with Gasteiger partial charge in [-0.1, -0.05) is 33.3 Å². The van der Waals surface area contributed by atoms with Crippen LogP contribution in [0.2, 0.25) is 0 Å². The molecule has 0 aromatic heterocycles. The highest BCUT2D eigenvalue weighted by Crippen LogP contribution is 2.63. The lowest BCUT2D eigenvalue weighted by Gasteiger charge is -2.61. The summed E-state index contributed by atoms with van der Waals surface area (Å²) in [6, 6.07) is 0. The van der Waals surface area contributed by atoms with Gasteiger partial charge in [0, 0.05) is 0 Å². The largest absolute Gasteiger partial charge is 0.390 e. The van der Waals surface area contributed by atoms with Gasteiger partial charge in [0.05, 0.1) is 11.2 Å². The predicted molar refractivity (Wildman–Crippen MR) is 92.6 cm³/mol. The van der Waals surface area contributed by atoms with Crippen molar-refractivity contribution in [3.8, 4) is 0 Å². The molecule has 0 heterocycles. The average Bonchev–Trinajstić information content (AvgIpc) is 2.35. The van der Waals surface area contributed by atoms with Crippen molar-refractivity contribution < 1.29 is 10.2 Å². The van der Waals surface area contributed by atoms with Crippen LogP contribution in [0.15, 0.2) is 12.7 Å². The Bertz CT molecular complexity index is 421. The summed E-state index contributed by atoms with van der Waals surface area (Å²) < 4.78 is 0. The quantitative estimate of drug-likeness (QED) is 0.739. The van der Waals surface area contributed by atoms with Crippen molar-refractivity contribution in [1.29, 1.82) is 0 Å². The minimum atomic E-state index is -0.830. The van der Waals surface area contributed by atoms with Crippen molar-refractivity contribution in [2.24, 2.45) is 22.7 Å². The molecule has 22 heavy (non-hydrogen) atoms. The van der Waals surface area contributed by atoms with Gasteiger partial charge in [0.15, 0.2) is 0 Å². The number of rotatable bonds is 4. The van der Waals surface area contributed by atoms with Crippen molar-refractivity contribution in [3.63, 3.8) is 0 Å². The van der Waals surface area contributed by atoms with E-state index in [0.29, 0.717) is 17.8 Å². The Morgan fingerprint density at radius 1 is 1.18 bits per heavy atom. The average molecular weight is 309 g/mol. The van der Waals surface area contributed by atoms with Gasteiger partial charge in [-0.3, -0.25) is 0 Å². The van der Waals surface area contributed by atoms with Gasteiger partial charge in [0.1, 0.15) is 0 Å². The molecule has 2 aliphatic carbocycles. The highest BCUT2D eigenvalue weighted by atomic mass is 16.3. The van der Waals surface area contributed by atoms with Gasteiger partial charge >= 0.3 is 0 Å². The van der Waals surface area contributed by atoms with Crippen LogP contribution in [0.4, 0.5) is 0 Å². The zero-order valence-electron chi connectivity index (χ0n) is 15.3. The summed E-state index contributed by atoms with van der Waals surface area (Å²) in [5, 5.41) is 21.4. The van der Waals surface area contributed by atoms with Crippen LogP contribution in [-0.2, 0) is 0 Å². The highest BCUT2D eigenvalue weighted by Gasteiger charge is 2.57. The summed E-state index contributed by atoms with van der Waals surface area (Å²) in [5.74, 6) is 0.928. The van der Waals surface area contributed by atoms with Crippen LogP contribution < -0.4 is 0 Å². The Balaban J connectivity index is 2.28. The second kappa shape index (κ2) is 5.63. The molecule has 2 aliphatic rings. The molecule has 2 fully saturated rings. The molecule has 0 amide bonds. The third-order valence-corrected chi connectivity index (χ3v) is 7.14. The van der Waals surface area contributed by atoms with Gasteiger partial charge in [-0.05, 0) is 75.0 Å². The summed E-state index contributed by atoms with van der Waals surface area (Å²) in [6.45, 7) is 14.8. The van der Waals surface area contributed by atoms with Crippen LogP contribution in [0.1, 0.15) is 79.6 Å². The van der Waals surface area contributed by atoms with E-state index in [0.717, 1.165) is 19.3 Å². The number of hydrogen-bond donors (Lipinski definition) is 2. The van der Waals surface area contributed by atoms with E-state index in [4.69, 9.17) is 0 Å². The Kier molecular flexibility index (Phi) is 4.61. The van der Waals surface area contributed by atoms with Crippen LogP contribution >= 0.6 is 0 Å². The van der Waals surface area contributed by atoms with Crippen molar-refractivity contribution in [2.45, 2.75) is 90.8 Å². The van der Waals surface area contributed by atoms with Gasteiger partial charge in [-0.2, -0.15) is 0 Å². The van der Waals surface area contributed by atoms with Crippen molar-refractivity contribution >= 4 is 0 Å². The molecular formula is C20H36O2.